The number of esters is 1. The van der Waals surface area contributed by atoms with Gasteiger partial charge >= 0.3 is 5.97 Å². The molecule has 0 bridgehead atoms. The summed E-state index contributed by atoms with van der Waals surface area (Å²) in [5.41, 5.74) is 0. The third-order valence-corrected chi connectivity index (χ3v) is 1.57. The van der Waals surface area contributed by atoms with Gasteiger partial charge in [0, 0.05) is 0 Å². The molecule has 84 valence electrons. The molecule has 0 fully saturated rings. The molecule has 0 aliphatic carbocycles. The van der Waals surface area contributed by atoms with E-state index >= 15 is 0 Å². The Kier molecular flexibility index (Phi) is 4.46. The lowest BCUT2D eigenvalue weighted by Gasteiger charge is -2.14. The minimum atomic E-state index is -0.484. The summed E-state index contributed by atoms with van der Waals surface area (Å²) in [4.78, 5) is 22.2. The van der Waals surface area contributed by atoms with Gasteiger partial charge in [-0.05, 0) is 6.92 Å². The maximum absolute atomic E-state index is 11.3. The van der Waals surface area contributed by atoms with Gasteiger partial charge in [-0.2, -0.15) is 0 Å². The molecule has 1 N–H and O–H groups in total. The van der Waals surface area contributed by atoms with Crippen LogP contribution in [0.25, 0.3) is 0 Å². The summed E-state index contributed by atoms with van der Waals surface area (Å²) in [5, 5.41) is 2.35. The number of carbonyl (C=O) groups is 2. The van der Waals surface area contributed by atoms with E-state index in [1.54, 1.807) is 6.92 Å². The molecule has 0 aromatic carbocycles. The fraction of sp³-hybridized carbons (Fsp3) is 0.556. The highest BCUT2D eigenvalue weighted by Crippen LogP contribution is 2.03. The Morgan fingerprint density at radius 3 is 2.93 bits per heavy atom. The molecule has 0 saturated carbocycles. The van der Waals surface area contributed by atoms with Crippen molar-refractivity contribution in [3.63, 3.8) is 0 Å². The number of nitrogens with one attached hydrogen (secondary N) is 1. The number of amides is 1. The van der Waals surface area contributed by atoms with Crippen LogP contribution in [-0.2, 0) is 23.8 Å². The first kappa shape index (κ1) is 11.4. The lowest BCUT2D eigenvalue weighted by molar-refractivity contribution is -0.143. The summed E-state index contributed by atoms with van der Waals surface area (Å²) in [6, 6.07) is 0. The summed E-state index contributed by atoms with van der Waals surface area (Å²) in [5.74, 6) is -0.892. The predicted molar refractivity (Wildman–Crippen MR) is 49.6 cm³/mol. The zero-order valence-corrected chi connectivity index (χ0v) is 8.45. The second-order valence-corrected chi connectivity index (χ2v) is 2.69. The van der Waals surface area contributed by atoms with Crippen molar-refractivity contribution >= 4 is 11.9 Å². The molecule has 1 amide bonds. The van der Waals surface area contributed by atoms with E-state index < -0.39 is 11.9 Å². The van der Waals surface area contributed by atoms with Crippen molar-refractivity contribution < 1.29 is 23.8 Å². The minimum absolute atomic E-state index is 0.0746. The van der Waals surface area contributed by atoms with Gasteiger partial charge < -0.3 is 19.5 Å². The molecule has 1 aliphatic heterocycles. The van der Waals surface area contributed by atoms with E-state index in [9.17, 15) is 9.59 Å². The molecule has 0 spiro atoms. The maximum atomic E-state index is 11.3. The lowest BCUT2D eigenvalue weighted by atomic mass is 10.4. The minimum Gasteiger partial charge on any atom is -0.494 e. The molecule has 0 radical (unpaired) electrons. The summed E-state index contributed by atoms with van der Waals surface area (Å²) in [7, 11) is 0. The molecule has 1 heterocycles. The maximum Gasteiger partial charge on any atom is 0.325 e. The SMILES string of the molecule is CCOC(=O)CNC(=O)C1=COCCO1. The van der Waals surface area contributed by atoms with E-state index in [4.69, 9.17) is 9.47 Å². The molecular weight excluding hydrogens is 202 g/mol. The van der Waals surface area contributed by atoms with Crippen LogP contribution in [0.15, 0.2) is 12.0 Å². The Hall–Kier alpha value is -1.72. The van der Waals surface area contributed by atoms with Gasteiger partial charge in [-0.1, -0.05) is 0 Å². The molecule has 0 unspecified atom stereocenters. The average molecular weight is 215 g/mol. The van der Waals surface area contributed by atoms with Crippen molar-refractivity contribution in [1.82, 2.24) is 5.32 Å². The number of ether oxygens (including phenoxy) is 3. The molecule has 6 nitrogen and oxygen atoms in total. The fourth-order valence-electron chi connectivity index (χ4n) is 0.939. The first-order valence-corrected chi connectivity index (χ1v) is 4.62. The van der Waals surface area contributed by atoms with E-state index in [-0.39, 0.29) is 18.9 Å². The zero-order chi connectivity index (χ0) is 11.1. The van der Waals surface area contributed by atoms with Crippen molar-refractivity contribution in [2.75, 3.05) is 26.4 Å². The highest BCUT2D eigenvalue weighted by molar-refractivity contribution is 5.93. The van der Waals surface area contributed by atoms with Crippen LogP contribution in [0.4, 0.5) is 0 Å². The van der Waals surface area contributed by atoms with Gasteiger partial charge in [-0.3, -0.25) is 9.59 Å². The Bertz CT molecular complexity index is 274. The van der Waals surface area contributed by atoms with Crippen LogP contribution in [0.3, 0.4) is 0 Å². The van der Waals surface area contributed by atoms with Gasteiger partial charge in [0.15, 0.2) is 0 Å². The van der Waals surface area contributed by atoms with Gasteiger partial charge in [0.1, 0.15) is 26.0 Å². The largest absolute Gasteiger partial charge is 0.494 e. The van der Waals surface area contributed by atoms with Gasteiger partial charge in [0.2, 0.25) is 5.76 Å². The summed E-state index contributed by atoms with van der Waals surface area (Å²) < 4.78 is 14.5. The Morgan fingerprint density at radius 1 is 1.53 bits per heavy atom. The van der Waals surface area contributed by atoms with Crippen LogP contribution in [-0.4, -0.2) is 38.2 Å². The van der Waals surface area contributed by atoms with Crippen molar-refractivity contribution in [3.8, 4) is 0 Å². The second-order valence-electron chi connectivity index (χ2n) is 2.69. The molecular formula is C9H13NO5. The number of hydrogen-bond donors (Lipinski definition) is 1. The van der Waals surface area contributed by atoms with E-state index in [1.165, 1.54) is 6.26 Å². The quantitative estimate of drug-likeness (QED) is 0.643. The number of hydrogen-bond acceptors (Lipinski definition) is 5. The molecule has 1 aliphatic rings. The van der Waals surface area contributed by atoms with Crippen LogP contribution in [0.1, 0.15) is 6.92 Å². The molecule has 1 rings (SSSR count). The highest BCUT2D eigenvalue weighted by atomic mass is 16.6. The van der Waals surface area contributed by atoms with Gasteiger partial charge in [-0.25, -0.2) is 0 Å². The fourth-order valence-corrected chi connectivity index (χ4v) is 0.939. The zero-order valence-electron chi connectivity index (χ0n) is 8.45. The standard InChI is InChI=1S/C9H13NO5/c1-2-14-8(11)5-10-9(12)7-6-13-3-4-15-7/h6H,2-5H2,1H3,(H,10,12). The second kappa shape index (κ2) is 5.90. The molecule has 0 aromatic heterocycles. The van der Waals surface area contributed by atoms with E-state index in [0.717, 1.165) is 0 Å². The van der Waals surface area contributed by atoms with Crippen LogP contribution >= 0.6 is 0 Å². The molecule has 0 aromatic rings. The van der Waals surface area contributed by atoms with Crippen molar-refractivity contribution in [2.24, 2.45) is 0 Å². The van der Waals surface area contributed by atoms with Crippen LogP contribution < -0.4 is 5.32 Å². The molecule has 6 heteroatoms. The first-order chi connectivity index (χ1) is 7.24. The van der Waals surface area contributed by atoms with Crippen LogP contribution in [0.2, 0.25) is 0 Å². The summed E-state index contributed by atoms with van der Waals surface area (Å²) >= 11 is 0. The Labute approximate surface area is 87.2 Å². The lowest BCUT2D eigenvalue weighted by Crippen LogP contribution is -2.33. The normalized spacial score (nSPS) is 14.3. The topological polar surface area (TPSA) is 73.9 Å². The smallest absolute Gasteiger partial charge is 0.325 e. The molecule has 0 saturated heterocycles. The van der Waals surface area contributed by atoms with Crippen LogP contribution in [0, 0.1) is 0 Å². The van der Waals surface area contributed by atoms with Crippen molar-refractivity contribution in [2.45, 2.75) is 6.92 Å². The first-order valence-electron chi connectivity index (χ1n) is 4.62. The van der Waals surface area contributed by atoms with Gasteiger partial charge in [-0.15, -0.1) is 0 Å². The average Bonchev–Trinajstić information content (AvgIpc) is 2.27. The number of rotatable bonds is 4. The van der Waals surface area contributed by atoms with Crippen LogP contribution in [0.5, 0.6) is 0 Å². The van der Waals surface area contributed by atoms with E-state index in [0.29, 0.717) is 13.2 Å². The van der Waals surface area contributed by atoms with Crippen molar-refractivity contribution in [3.05, 3.63) is 12.0 Å². The molecule has 0 atom stereocenters. The monoisotopic (exact) mass is 215 g/mol. The third kappa shape index (κ3) is 3.88. The van der Waals surface area contributed by atoms with Crippen molar-refractivity contribution in [1.29, 1.82) is 0 Å². The van der Waals surface area contributed by atoms with E-state index in [1.807, 2.05) is 0 Å². The summed E-state index contributed by atoms with van der Waals surface area (Å²) in [6.07, 6.45) is 1.23. The Morgan fingerprint density at radius 2 is 2.33 bits per heavy atom. The number of carbonyl (C=O) groups excluding carboxylic acids is 2. The predicted octanol–water partition coefficient (Wildman–Crippen LogP) is -0.446. The Balaban J connectivity index is 2.29. The third-order valence-electron chi connectivity index (χ3n) is 1.57. The summed E-state index contributed by atoms with van der Waals surface area (Å²) in [6.45, 7) is 2.57. The van der Waals surface area contributed by atoms with E-state index in [2.05, 4.69) is 10.1 Å². The molecule has 15 heavy (non-hydrogen) atoms. The van der Waals surface area contributed by atoms with Gasteiger partial charge in [0.25, 0.3) is 5.91 Å². The van der Waals surface area contributed by atoms with Gasteiger partial charge in [0.05, 0.1) is 6.61 Å². The highest BCUT2D eigenvalue weighted by Gasteiger charge is 2.15.